The van der Waals surface area contributed by atoms with Crippen LogP contribution in [0.25, 0.3) is 0 Å². The Morgan fingerprint density at radius 3 is 2.38 bits per heavy atom. The highest BCUT2D eigenvalue weighted by molar-refractivity contribution is 5.29. The molecule has 4 nitrogen and oxygen atoms in total. The molecule has 2 aromatic rings. The van der Waals surface area contributed by atoms with Crippen molar-refractivity contribution in [1.82, 2.24) is 4.90 Å². The average Bonchev–Trinajstić information content (AvgIpc) is 3.11. The summed E-state index contributed by atoms with van der Waals surface area (Å²) in [5.74, 6) is -0.469. The molecule has 2 saturated heterocycles. The van der Waals surface area contributed by atoms with Crippen LogP contribution in [0.4, 0.5) is 4.39 Å². The maximum Gasteiger partial charge on any atom is 0.236 e. The lowest BCUT2D eigenvalue weighted by Crippen LogP contribution is -2.38. The number of hydrogen-bond acceptors (Lipinski definition) is 3. The first-order valence-corrected chi connectivity index (χ1v) is 8.34. The van der Waals surface area contributed by atoms with Crippen molar-refractivity contribution in [3.05, 3.63) is 81.7 Å². The van der Waals surface area contributed by atoms with Crippen molar-refractivity contribution in [2.24, 2.45) is 0 Å². The van der Waals surface area contributed by atoms with Gasteiger partial charge in [0, 0.05) is 17.5 Å². The van der Waals surface area contributed by atoms with Gasteiger partial charge >= 0.3 is 0 Å². The second kappa shape index (κ2) is 5.98. The van der Waals surface area contributed by atoms with Gasteiger partial charge in [0.1, 0.15) is 5.82 Å². The van der Waals surface area contributed by atoms with Gasteiger partial charge in [0.2, 0.25) is 6.04 Å². The highest BCUT2D eigenvalue weighted by atomic mass is 19.1. The van der Waals surface area contributed by atoms with Gasteiger partial charge in [0.15, 0.2) is 0 Å². The fourth-order valence-electron chi connectivity index (χ4n) is 4.54. The number of halogens is 1. The van der Waals surface area contributed by atoms with Crippen LogP contribution < -0.4 is 0 Å². The topological polar surface area (TPSA) is 46.4 Å². The molecule has 0 unspecified atom stereocenters. The third-order valence-electron chi connectivity index (χ3n) is 5.49. The van der Waals surface area contributed by atoms with E-state index in [1.165, 1.54) is 17.7 Å². The number of rotatable bonds is 4. The first-order valence-electron chi connectivity index (χ1n) is 8.34. The lowest BCUT2D eigenvalue weighted by molar-refractivity contribution is -0.529. The third kappa shape index (κ3) is 2.49. The summed E-state index contributed by atoms with van der Waals surface area (Å²) in [6.07, 6.45) is 1.82. The zero-order valence-electron chi connectivity index (χ0n) is 13.2. The maximum atomic E-state index is 13.2. The van der Waals surface area contributed by atoms with Gasteiger partial charge in [0.25, 0.3) is 0 Å². The summed E-state index contributed by atoms with van der Waals surface area (Å²) in [6, 6.07) is 15.8. The summed E-state index contributed by atoms with van der Waals surface area (Å²) in [5.41, 5.74) is 2.06. The minimum atomic E-state index is -0.613. The molecule has 4 rings (SSSR count). The Bertz CT molecular complexity index is 735. The van der Waals surface area contributed by atoms with Gasteiger partial charge < -0.3 is 0 Å². The van der Waals surface area contributed by atoms with E-state index in [4.69, 9.17) is 0 Å². The fraction of sp³-hybridized carbons (Fsp3) is 0.368. The molecule has 0 spiro atoms. The smallest absolute Gasteiger partial charge is 0.236 e. The first kappa shape index (κ1) is 15.3. The van der Waals surface area contributed by atoms with Crippen LogP contribution in [0, 0.1) is 15.9 Å². The first-order chi connectivity index (χ1) is 11.6. The predicted molar refractivity (Wildman–Crippen MR) is 88.7 cm³/mol. The lowest BCUT2D eigenvalue weighted by atomic mass is 9.80. The van der Waals surface area contributed by atoms with Crippen molar-refractivity contribution in [2.45, 2.75) is 43.4 Å². The van der Waals surface area contributed by atoms with E-state index < -0.39 is 6.04 Å². The number of hydrogen-bond donors (Lipinski definition) is 0. The molecule has 0 N–H and O–H groups in total. The van der Waals surface area contributed by atoms with Gasteiger partial charge in [-0.3, -0.25) is 15.0 Å². The molecule has 2 aromatic carbocycles. The van der Waals surface area contributed by atoms with Crippen LogP contribution in [-0.4, -0.2) is 27.9 Å². The Balaban J connectivity index is 1.67. The summed E-state index contributed by atoms with van der Waals surface area (Å²) in [5, 5.41) is 11.7. The van der Waals surface area contributed by atoms with Crippen LogP contribution >= 0.6 is 0 Å². The van der Waals surface area contributed by atoms with E-state index in [0.29, 0.717) is 0 Å². The summed E-state index contributed by atoms with van der Waals surface area (Å²) in [7, 11) is 0. The zero-order chi connectivity index (χ0) is 16.7. The number of nitrogens with zero attached hydrogens (tertiary/aromatic N) is 2. The van der Waals surface area contributed by atoms with E-state index in [2.05, 4.69) is 17.0 Å². The zero-order valence-corrected chi connectivity index (χ0v) is 13.2. The second-order valence-electron chi connectivity index (χ2n) is 6.72. The molecule has 0 aromatic heterocycles. The highest BCUT2D eigenvalue weighted by Crippen LogP contribution is 2.48. The van der Waals surface area contributed by atoms with Crippen LogP contribution in [0.3, 0.4) is 0 Å². The molecule has 2 fully saturated rings. The van der Waals surface area contributed by atoms with Crippen LogP contribution in [0.5, 0.6) is 0 Å². The van der Waals surface area contributed by atoms with Crippen molar-refractivity contribution in [3.63, 3.8) is 0 Å². The predicted octanol–water partition coefficient (Wildman–Crippen LogP) is 3.60. The number of nitro groups is 1. The molecule has 2 heterocycles. The third-order valence-corrected chi connectivity index (χ3v) is 5.49. The second-order valence-corrected chi connectivity index (χ2v) is 6.72. The highest BCUT2D eigenvalue weighted by Gasteiger charge is 2.59. The Kier molecular flexibility index (Phi) is 3.81. The number of benzene rings is 2. The monoisotopic (exact) mass is 326 g/mol. The summed E-state index contributed by atoms with van der Waals surface area (Å²) >= 11 is 0. The lowest BCUT2D eigenvalue weighted by Gasteiger charge is -2.24. The van der Waals surface area contributed by atoms with Gasteiger partial charge in [-0.2, -0.15) is 0 Å². The van der Waals surface area contributed by atoms with Crippen molar-refractivity contribution in [3.8, 4) is 0 Å². The van der Waals surface area contributed by atoms with E-state index in [0.717, 1.165) is 24.9 Å². The fourth-order valence-corrected chi connectivity index (χ4v) is 4.54. The molecule has 2 aliphatic rings. The Morgan fingerprint density at radius 1 is 1.04 bits per heavy atom. The Hall–Kier alpha value is -2.27. The molecule has 4 atom stereocenters. The van der Waals surface area contributed by atoms with E-state index in [-0.39, 0.29) is 28.7 Å². The standard InChI is InChI=1S/C19H19FN2O2/c20-15-8-6-14(7-9-15)18-16-10-11-17(19(18)22(23)24)21(16)12-13-4-2-1-3-5-13/h1-9,16-19H,10-12H2/t16-,17-,18+,19-/m1/s1. The van der Waals surface area contributed by atoms with Gasteiger partial charge in [0.05, 0.1) is 12.0 Å². The van der Waals surface area contributed by atoms with Crippen LogP contribution in [-0.2, 0) is 6.54 Å². The SMILES string of the molecule is O=[N+]([O-])[C@H]1[C@@H](c2ccc(F)cc2)[C@H]2CC[C@H]1N2Cc1ccccc1. The van der Waals surface area contributed by atoms with Crippen molar-refractivity contribution < 1.29 is 9.31 Å². The summed E-state index contributed by atoms with van der Waals surface area (Å²) in [6.45, 7) is 0.734. The molecule has 0 amide bonds. The minimum absolute atomic E-state index is 0.0414. The van der Waals surface area contributed by atoms with Crippen molar-refractivity contribution in [1.29, 1.82) is 0 Å². The summed E-state index contributed by atoms with van der Waals surface area (Å²) < 4.78 is 13.2. The largest absolute Gasteiger partial charge is 0.286 e. The molecular weight excluding hydrogens is 307 g/mol. The summed E-state index contributed by atoms with van der Waals surface area (Å²) in [4.78, 5) is 13.9. The maximum absolute atomic E-state index is 13.2. The van der Waals surface area contributed by atoms with Gasteiger partial charge in [-0.15, -0.1) is 0 Å². The molecule has 5 heteroatoms. The normalized spacial score (nSPS) is 29.0. The van der Waals surface area contributed by atoms with Crippen LogP contribution in [0.2, 0.25) is 0 Å². The quantitative estimate of drug-likeness (QED) is 0.637. The minimum Gasteiger partial charge on any atom is -0.286 e. The molecule has 0 radical (unpaired) electrons. The molecule has 2 bridgehead atoms. The van der Waals surface area contributed by atoms with Crippen molar-refractivity contribution in [2.75, 3.05) is 0 Å². The average molecular weight is 326 g/mol. The number of fused-ring (bicyclic) bond motifs is 2. The van der Waals surface area contributed by atoms with Crippen LogP contribution in [0.1, 0.15) is 29.9 Å². The van der Waals surface area contributed by atoms with Gasteiger partial charge in [-0.1, -0.05) is 42.5 Å². The van der Waals surface area contributed by atoms with E-state index >= 15 is 0 Å². The molecule has 0 saturated carbocycles. The van der Waals surface area contributed by atoms with E-state index in [1.54, 1.807) is 12.1 Å². The molecule has 124 valence electrons. The molecular formula is C19H19FN2O2. The Labute approximate surface area is 140 Å². The molecule has 0 aliphatic carbocycles. The van der Waals surface area contributed by atoms with Gasteiger partial charge in [-0.05, 0) is 36.1 Å². The van der Waals surface area contributed by atoms with E-state index in [1.807, 2.05) is 18.2 Å². The van der Waals surface area contributed by atoms with Gasteiger partial charge in [-0.25, -0.2) is 4.39 Å². The molecule has 2 aliphatic heterocycles. The van der Waals surface area contributed by atoms with Crippen molar-refractivity contribution >= 4 is 0 Å². The Morgan fingerprint density at radius 2 is 1.71 bits per heavy atom. The van der Waals surface area contributed by atoms with Crippen LogP contribution in [0.15, 0.2) is 54.6 Å². The van der Waals surface area contributed by atoms with E-state index in [9.17, 15) is 14.5 Å². The molecule has 24 heavy (non-hydrogen) atoms.